The monoisotopic (exact) mass is 358 g/mol. The van der Waals surface area contributed by atoms with Crippen LogP contribution in [0.4, 0.5) is 0 Å². The average molecular weight is 359 g/mol. The van der Waals surface area contributed by atoms with Gasteiger partial charge < -0.3 is 0 Å². The van der Waals surface area contributed by atoms with Gasteiger partial charge in [0.1, 0.15) is 0 Å². The molecule has 0 saturated carbocycles. The van der Waals surface area contributed by atoms with Crippen LogP contribution in [0.15, 0.2) is 46.2 Å². The van der Waals surface area contributed by atoms with E-state index in [4.69, 9.17) is 0 Å². The summed E-state index contributed by atoms with van der Waals surface area (Å²) in [7, 11) is -6.78. The lowest BCUT2D eigenvalue weighted by atomic mass is 10.1. The molecule has 0 amide bonds. The van der Waals surface area contributed by atoms with Crippen LogP contribution >= 0.6 is 0 Å². The Morgan fingerprint density at radius 1 is 0.739 bits per heavy atom. The lowest BCUT2D eigenvalue weighted by Gasteiger charge is -2.09. The Labute approximate surface area is 140 Å². The van der Waals surface area contributed by atoms with Crippen molar-refractivity contribution in [1.82, 2.24) is 0 Å². The molecular formula is C17H26O4S2. The van der Waals surface area contributed by atoms with Gasteiger partial charge in [-0.2, -0.15) is 0 Å². The molecule has 0 heterocycles. The van der Waals surface area contributed by atoms with Gasteiger partial charge in [0.05, 0.1) is 15.5 Å². The predicted octanol–water partition coefficient (Wildman–Crippen LogP) is 4.09. The molecule has 0 aliphatic carbocycles. The third kappa shape index (κ3) is 5.04. The summed E-state index contributed by atoms with van der Waals surface area (Å²) in [5, 5.41) is 0.895. The molecule has 130 valence electrons. The van der Waals surface area contributed by atoms with Crippen molar-refractivity contribution in [2.24, 2.45) is 0 Å². The van der Waals surface area contributed by atoms with Crippen LogP contribution in [0.2, 0.25) is 0 Å². The molecule has 23 heavy (non-hydrogen) atoms. The standard InChI is InChI=1S/C13H14O4S2.2C2H6/c1-3-19(16,17)13-9-5-6-10-11(13)7-4-8-12(10)18(2,14)15;2*1-2/h4-9H,3H2,1-2H3;2*1-2H3. The summed E-state index contributed by atoms with van der Waals surface area (Å²) in [5.41, 5.74) is 0. The summed E-state index contributed by atoms with van der Waals surface area (Å²) >= 11 is 0. The maximum atomic E-state index is 12.0. The molecule has 0 radical (unpaired) electrons. The van der Waals surface area contributed by atoms with Crippen LogP contribution in [0, 0.1) is 0 Å². The number of benzene rings is 2. The van der Waals surface area contributed by atoms with E-state index in [2.05, 4.69) is 0 Å². The molecule has 0 aliphatic heterocycles. The first kappa shape index (κ1) is 21.6. The molecule has 0 fully saturated rings. The van der Waals surface area contributed by atoms with Crippen LogP contribution in [0.1, 0.15) is 34.6 Å². The maximum absolute atomic E-state index is 12.0. The van der Waals surface area contributed by atoms with Gasteiger partial charge >= 0.3 is 0 Å². The van der Waals surface area contributed by atoms with E-state index < -0.39 is 19.7 Å². The fourth-order valence-corrected chi connectivity index (χ4v) is 4.02. The molecule has 0 bridgehead atoms. The fourth-order valence-electron chi connectivity index (χ4n) is 2.00. The topological polar surface area (TPSA) is 68.3 Å². The number of hydrogen-bond acceptors (Lipinski definition) is 4. The van der Waals surface area contributed by atoms with Gasteiger partial charge in [-0.05, 0) is 12.1 Å². The molecule has 2 aromatic rings. The van der Waals surface area contributed by atoms with Crippen molar-refractivity contribution in [1.29, 1.82) is 0 Å². The number of fused-ring (bicyclic) bond motifs is 1. The van der Waals surface area contributed by atoms with E-state index >= 15 is 0 Å². The first-order valence-electron chi connectivity index (χ1n) is 7.72. The van der Waals surface area contributed by atoms with E-state index in [1.165, 1.54) is 12.1 Å². The number of sulfone groups is 2. The lowest BCUT2D eigenvalue weighted by Crippen LogP contribution is -2.05. The van der Waals surface area contributed by atoms with Crippen LogP contribution < -0.4 is 0 Å². The van der Waals surface area contributed by atoms with Gasteiger partial charge in [0.25, 0.3) is 0 Å². The highest BCUT2D eigenvalue weighted by atomic mass is 32.2. The predicted molar refractivity (Wildman–Crippen MR) is 97.5 cm³/mol. The molecule has 0 aromatic heterocycles. The van der Waals surface area contributed by atoms with E-state index in [1.54, 1.807) is 31.2 Å². The van der Waals surface area contributed by atoms with Crippen molar-refractivity contribution in [2.75, 3.05) is 12.0 Å². The minimum atomic E-state index is -3.39. The van der Waals surface area contributed by atoms with Crippen molar-refractivity contribution in [2.45, 2.75) is 44.4 Å². The van der Waals surface area contributed by atoms with E-state index in [-0.39, 0.29) is 15.5 Å². The molecule has 0 N–H and O–H groups in total. The SMILES string of the molecule is CC.CC.CCS(=O)(=O)c1cccc2c(S(C)(=O)=O)cccc12. The van der Waals surface area contributed by atoms with Crippen molar-refractivity contribution in [3.05, 3.63) is 36.4 Å². The third-order valence-electron chi connectivity index (χ3n) is 2.96. The lowest BCUT2D eigenvalue weighted by molar-refractivity contribution is 0.597. The van der Waals surface area contributed by atoms with Crippen LogP contribution in [0.25, 0.3) is 10.8 Å². The van der Waals surface area contributed by atoms with E-state index in [9.17, 15) is 16.8 Å². The molecule has 0 saturated heterocycles. The van der Waals surface area contributed by atoms with Gasteiger partial charge in [-0.25, -0.2) is 16.8 Å². The molecule has 4 nitrogen and oxygen atoms in total. The van der Waals surface area contributed by atoms with Crippen LogP contribution in [-0.2, 0) is 19.7 Å². The van der Waals surface area contributed by atoms with Crippen molar-refractivity contribution < 1.29 is 16.8 Å². The Bertz CT molecular complexity index is 836. The minimum Gasteiger partial charge on any atom is -0.224 e. The van der Waals surface area contributed by atoms with Gasteiger partial charge in [0.2, 0.25) is 0 Å². The highest BCUT2D eigenvalue weighted by molar-refractivity contribution is 7.91. The average Bonchev–Trinajstić information content (AvgIpc) is 2.56. The van der Waals surface area contributed by atoms with Gasteiger partial charge in [-0.1, -0.05) is 58.9 Å². The zero-order valence-electron chi connectivity index (χ0n) is 14.6. The molecular weight excluding hydrogens is 332 g/mol. The summed E-state index contributed by atoms with van der Waals surface area (Å²) < 4.78 is 47.5. The number of rotatable bonds is 3. The summed E-state index contributed by atoms with van der Waals surface area (Å²) in [6.45, 7) is 9.56. The van der Waals surface area contributed by atoms with E-state index in [0.29, 0.717) is 10.8 Å². The maximum Gasteiger partial charge on any atom is 0.178 e. The Hall–Kier alpha value is -1.40. The molecule has 2 rings (SSSR count). The highest BCUT2D eigenvalue weighted by Crippen LogP contribution is 2.28. The summed E-state index contributed by atoms with van der Waals surface area (Å²) in [5.74, 6) is -0.0186. The van der Waals surface area contributed by atoms with E-state index in [1.807, 2.05) is 27.7 Å². The van der Waals surface area contributed by atoms with Crippen molar-refractivity contribution in [3.63, 3.8) is 0 Å². The summed E-state index contributed by atoms with van der Waals surface area (Å²) in [6.07, 6.45) is 1.11. The Kier molecular flexibility index (Phi) is 8.48. The largest absolute Gasteiger partial charge is 0.224 e. The van der Waals surface area contributed by atoms with Gasteiger partial charge in [0, 0.05) is 17.0 Å². The summed E-state index contributed by atoms with van der Waals surface area (Å²) in [4.78, 5) is 0.330. The molecule has 0 spiro atoms. The highest BCUT2D eigenvalue weighted by Gasteiger charge is 2.18. The molecule has 0 unspecified atom stereocenters. The summed E-state index contributed by atoms with van der Waals surface area (Å²) in [6, 6.07) is 9.38. The first-order chi connectivity index (χ1) is 10.8. The number of hydrogen-bond donors (Lipinski definition) is 0. The normalized spacial score (nSPS) is 11.0. The fraction of sp³-hybridized carbons (Fsp3) is 0.412. The molecule has 6 heteroatoms. The van der Waals surface area contributed by atoms with Crippen LogP contribution in [0.5, 0.6) is 0 Å². The second kappa shape index (κ2) is 9.03. The zero-order chi connectivity index (χ0) is 18.3. The Morgan fingerprint density at radius 2 is 1.13 bits per heavy atom. The molecule has 0 aliphatic rings. The van der Waals surface area contributed by atoms with Gasteiger partial charge in [-0.3, -0.25) is 0 Å². The molecule has 0 atom stereocenters. The first-order valence-corrected chi connectivity index (χ1v) is 11.3. The quantitative estimate of drug-likeness (QED) is 0.829. The van der Waals surface area contributed by atoms with Crippen molar-refractivity contribution >= 4 is 30.4 Å². The van der Waals surface area contributed by atoms with E-state index in [0.717, 1.165) is 6.26 Å². The smallest absolute Gasteiger partial charge is 0.178 e. The van der Waals surface area contributed by atoms with Crippen LogP contribution in [0.3, 0.4) is 0 Å². The molecule has 2 aromatic carbocycles. The second-order valence-corrected chi connectivity index (χ2v) is 8.51. The Morgan fingerprint density at radius 3 is 1.52 bits per heavy atom. The van der Waals surface area contributed by atoms with Gasteiger partial charge in [-0.15, -0.1) is 0 Å². The van der Waals surface area contributed by atoms with Crippen LogP contribution in [-0.4, -0.2) is 28.8 Å². The third-order valence-corrected chi connectivity index (χ3v) is 5.90. The zero-order valence-corrected chi connectivity index (χ0v) is 16.3. The van der Waals surface area contributed by atoms with Crippen molar-refractivity contribution in [3.8, 4) is 0 Å². The minimum absolute atomic E-state index is 0.0186. The Balaban J connectivity index is 0.00000112. The van der Waals surface area contributed by atoms with Gasteiger partial charge in [0.15, 0.2) is 19.7 Å². The second-order valence-electron chi connectivity index (χ2n) is 4.28.